The summed E-state index contributed by atoms with van der Waals surface area (Å²) in [5.41, 5.74) is 0. The quantitative estimate of drug-likeness (QED) is 0.925. The molecule has 2 aromatic heterocycles. The maximum absolute atomic E-state index is 9.18. The van der Waals surface area contributed by atoms with Crippen molar-refractivity contribution >= 4 is 27.3 Å². The van der Waals surface area contributed by atoms with Crippen LogP contribution in [-0.4, -0.2) is 26.5 Å². The van der Waals surface area contributed by atoms with Crippen LogP contribution in [0.4, 0.5) is 0 Å². The molecular weight excluding hydrogens is 302 g/mol. The lowest BCUT2D eigenvalue weighted by molar-refractivity contribution is 0.199. The smallest absolute Gasteiger partial charge is 0.174 e. The molecule has 1 N–H and O–H groups in total. The Bertz CT molecular complexity index is 537. The summed E-state index contributed by atoms with van der Waals surface area (Å²) in [6.45, 7) is 1.14. The van der Waals surface area contributed by atoms with Crippen molar-refractivity contribution in [1.29, 1.82) is 0 Å². The minimum atomic E-state index is 0.243. The number of aliphatic hydroxyl groups is 1. The van der Waals surface area contributed by atoms with Crippen molar-refractivity contribution in [2.45, 2.75) is 19.4 Å². The number of hydrogen-bond donors (Lipinski definition) is 1. The highest BCUT2D eigenvalue weighted by molar-refractivity contribution is 9.11. The molecule has 0 bridgehead atoms. The van der Waals surface area contributed by atoms with Gasteiger partial charge in [-0.05, 0) is 40.4 Å². The Balaban J connectivity index is 1.96. The van der Waals surface area contributed by atoms with Crippen LogP contribution in [0, 0.1) is 5.92 Å². The van der Waals surface area contributed by atoms with E-state index in [1.54, 1.807) is 11.3 Å². The molecule has 0 aliphatic carbocycles. The average molecular weight is 314 g/mol. The third-order valence-corrected chi connectivity index (χ3v) is 4.73. The summed E-state index contributed by atoms with van der Waals surface area (Å²) in [5.74, 6) is 2.29. The Labute approximate surface area is 111 Å². The summed E-state index contributed by atoms with van der Waals surface area (Å²) in [5, 5.41) is 17.7. The van der Waals surface area contributed by atoms with Crippen molar-refractivity contribution in [3.8, 4) is 10.7 Å². The first-order chi connectivity index (χ1) is 8.28. The number of fused-ring (bicyclic) bond motifs is 1. The van der Waals surface area contributed by atoms with Gasteiger partial charge in [-0.15, -0.1) is 21.5 Å². The Hall–Kier alpha value is -0.720. The fraction of sp³-hybridized carbons (Fsp3) is 0.455. The fourth-order valence-corrected chi connectivity index (χ4v) is 3.55. The third-order valence-electron chi connectivity index (χ3n) is 3.11. The summed E-state index contributed by atoms with van der Waals surface area (Å²) in [6.07, 6.45) is 1.83. The van der Waals surface area contributed by atoms with Crippen LogP contribution in [0.5, 0.6) is 0 Å². The first kappa shape index (κ1) is 11.4. The van der Waals surface area contributed by atoms with Crippen molar-refractivity contribution in [2.24, 2.45) is 5.92 Å². The zero-order chi connectivity index (χ0) is 11.8. The van der Waals surface area contributed by atoms with Gasteiger partial charge in [-0.1, -0.05) is 0 Å². The summed E-state index contributed by atoms with van der Waals surface area (Å²) in [4.78, 5) is 1.14. The average Bonchev–Trinajstić information content (AvgIpc) is 2.93. The molecule has 90 valence electrons. The fourth-order valence-electron chi connectivity index (χ4n) is 2.17. The van der Waals surface area contributed by atoms with Crippen molar-refractivity contribution < 1.29 is 5.11 Å². The van der Waals surface area contributed by atoms with Crippen LogP contribution in [0.25, 0.3) is 10.7 Å². The van der Waals surface area contributed by atoms with Crippen LogP contribution >= 0.6 is 27.3 Å². The van der Waals surface area contributed by atoms with Crippen LogP contribution in [0.15, 0.2) is 15.9 Å². The molecule has 4 nitrogen and oxygen atoms in total. The van der Waals surface area contributed by atoms with Crippen LogP contribution < -0.4 is 0 Å². The zero-order valence-corrected chi connectivity index (χ0v) is 11.5. The predicted molar refractivity (Wildman–Crippen MR) is 69.9 cm³/mol. The summed E-state index contributed by atoms with van der Waals surface area (Å²) >= 11 is 5.13. The Morgan fingerprint density at radius 3 is 3.06 bits per heavy atom. The minimum Gasteiger partial charge on any atom is -0.396 e. The van der Waals surface area contributed by atoms with Gasteiger partial charge in [0.05, 0.1) is 8.66 Å². The van der Waals surface area contributed by atoms with E-state index in [-0.39, 0.29) is 6.61 Å². The van der Waals surface area contributed by atoms with E-state index < -0.39 is 0 Å². The van der Waals surface area contributed by atoms with Crippen LogP contribution in [0.3, 0.4) is 0 Å². The largest absolute Gasteiger partial charge is 0.396 e. The molecule has 1 unspecified atom stereocenters. The number of hydrogen-bond acceptors (Lipinski definition) is 4. The van der Waals surface area contributed by atoms with E-state index in [0.29, 0.717) is 5.92 Å². The predicted octanol–water partition coefficient (Wildman–Crippen LogP) is 2.32. The van der Waals surface area contributed by atoms with Gasteiger partial charge in [0.15, 0.2) is 5.82 Å². The van der Waals surface area contributed by atoms with E-state index in [0.717, 1.165) is 39.7 Å². The lowest BCUT2D eigenvalue weighted by Crippen LogP contribution is -2.22. The second-order valence-electron chi connectivity index (χ2n) is 4.24. The maximum Gasteiger partial charge on any atom is 0.174 e. The van der Waals surface area contributed by atoms with Crippen LogP contribution in [0.2, 0.25) is 0 Å². The van der Waals surface area contributed by atoms with E-state index in [1.165, 1.54) is 0 Å². The van der Waals surface area contributed by atoms with Crippen molar-refractivity contribution in [3.63, 3.8) is 0 Å². The standard InChI is InChI=1S/C11H12BrN3OS/c12-9-2-1-8(17-9)11-14-13-10-5-7(6-16)3-4-15(10)11/h1-2,7,16H,3-6H2. The van der Waals surface area contributed by atoms with E-state index >= 15 is 0 Å². The van der Waals surface area contributed by atoms with Gasteiger partial charge in [-0.2, -0.15) is 0 Å². The van der Waals surface area contributed by atoms with Gasteiger partial charge < -0.3 is 9.67 Å². The molecule has 1 aliphatic heterocycles. The molecule has 6 heteroatoms. The molecule has 1 aliphatic rings. The summed E-state index contributed by atoms with van der Waals surface area (Å²) < 4.78 is 3.28. The number of nitrogens with zero attached hydrogens (tertiary/aromatic N) is 3. The number of thiophene rings is 1. The van der Waals surface area contributed by atoms with Crippen molar-refractivity contribution in [3.05, 3.63) is 21.7 Å². The molecule has 0 amide bonds. The highest BCUT2D eigenvalue weighted by Gasteiger charge is 2.23. The first-order valence-corrected chi connectivity index (χ1v) is 7.17. The van der Waals surface area contributed by atoms with Gasteiger partial charge in [-0.25, -0.2) is 0 Å². The molecule has 0 saturated carbocycles. The lowest BCUT2D eigenvalue weighted by atomic mass is 9.99. The molecule has 0 radical (unpaired) electrons. The molecule has 0 aromatic carbocycles. The zero-order valence-electron chi connectivity index (χ0n) is 9.14. The van der Waals surface area contributed by atoms with Crippen LogP contribution in [-0.2, 0) is 13.0 Å². The molecule has 17 heavy (non-hydrogen) atoms. The second-order valence-corrected chi connectivity index (χ2v) is 6.70. The SMILES string of the molecule is OCC1CCn2c(nnc2-c2ccc(Br)s2)C1. The summed E-state index contributed by atoms with van der Waals surface area (Å²) in [6, 6.07) is 4.09. The first-order valence-electron chi connectivity index (χ1n) is 5.56. The summed E-state index contributed by atoms with van der Waals surface area (Å²) in [7, 11) is 0. The van der Waals surface area contributed by atoms with Gasteiger partial charge in [0.1, 0.15) is 5.82 Å². The normalized spacial score (nSPS) is 19.3. The molecule has 3 rings (SSSR count). The molecule has 3 heterocycles. The highest BCUT2D eigenvalue weighted by Crippen LogP contribution is 2.32. The lowest BCUT2D eigenvalue weighted by Gasteiger charge is -2.21. The Kier molecular flexibility index (Phi) is 3.02. The van der Waals surface area contributed by atoms with Crippen LogP contribution in [0.1, 0.15) is 12.2 Å². The second kappa shape index (κ2) is 4.51. The molecule has 0 fully saturated rings. The highest BCUT2D eigenvalue weighted by atomic mass is 79.9. The minimum absolute atomic E-state index is 0.243. The van der Waals surface area contributed by atoms with E-state index in [1.807, 2.05) is 6.07 Å². The molecule has 0 saturated heterocycles. The van der Waals surface area contributed by atoms with E-state index in [4.69, 9.17) is 0 Å². The van der Waals surface area contributed by atoms with E-state index in [2.05, 4.69) is 36.8 Å². The van der Waals surface area contributed by atoms with Crippen molar-refractivity contribution in [2.75, 3.05) is 6.61 Å². The van der Waals surface area contributed by atoms with Crippen molar-refractivity contribution in [1.82, 2.24) is 14.8 Å². The number of aliphatic hydroxyl groups excluding tert-OH is 1. The third kappa shape index (κ3) is 2.05. The number of rotatable bonds is 2. The van der Waals surface area contributed by atoms with Gasteiger partial charge in [0.2, 0.25) is 0 Å². The number of halogens is 1. The maximum atomic E-state index is 9.18. The van der Waals surface area contributed by atoms with Gasteiger partial charge >= 0.3 is 0 Å². The topological polar surface area (TPSA) is 50.9 Å². The monoisotopic (exact) mass is 313 g/mol. The Morgan fingerprint density at radius 2 is 2.35 bits per heavy atom. The van der Waals surface area contributed by atoms with Gasteiger partial charge in [-0.3, -0.25) is 0 Å². The molecule has 1 atom stereocenters. The van der Waals surface area contributed by atoms with E-state index in [9.17, 15) is 5.11 Å². The number of aromatic nitrogens is 3. The Morgan fingerprint density at radius 1 is 1.47 bits per heavy atom. The van der Waals surface area contributed by atoms with Gasteiger partial charge in [0, 0.05) is 19.6 Å². The molecule has 2 aromatic rings. The molecular formula is C11H12BrN3OS. The molecule has 0 spiro atoms. The van der Waals surface area contributed by atoms with Gasteiger partial charge in [0.25, 0.3) is 0 Å².